The number of halogens is 1. The van der Waals surface area contributed by atoms with E-state index in [1.54, 1.807) is 6.07 Å². The van der Waals surface area contributed by atoms with E-state index in [4.69, 9.17) is 11.6 Å². The van der Waals surface area contributed by atoms with Gasteiger partial charge in [-0.15, -0.1) is 0 Å². The van der Waals surface area contributed by atoms with Gasteiger partial charge < -0.3 is 10.6 Å². The van der Waals surface area contributed by atoms with Crippen molar-refractivity contribution in [3.8, 4) is 0 Å². The van der Waals surface area contributed by atoms with Crippen molar-refractivity contribution in [3.63, 3.8) is 0 Å². The second-order valence-electron chi connectivity index (χ2n) is 5.99. The number of benzene rings is 2. The Labute approximate surface area is 157 Å². The Morgan fingerprint density at radius 3 is 2.46 bits per heavy atom. The van der Waals surface area contributed by atoms with Gasteiger partial charge in [-0.2, -0.15) is 0 Å². The summed E-state index contributed by atoms with van der Waals surface area (Å²) in [6.07, 6.45) is 3.00. The molecule has 0 bridgehead atoms. The van der Waals surface area contributed by atoms with Gasteiger partial charge in [-0.25, -0.2) is 9.97 Å². The molecular weight excluding hydrogens is 348 g/mol. The summed E-state index contributed by atoms with van der Waals surface area (Å²) in [6.45, 7) is 4.46. The van der Waals surface area contributed by atoms with Crippen molar-refractivity contribution in [1.29, 1.82) is 0 Å². The van der Waals surface area contributed by atoms with Crippen molar-refractivity contribution in [2.75, 3.05) is 5.32 Å². The van der Waals surface area contributed by atoms with Crippen LogP contribution in [0.5, 0.6) is 0 Å². The lowest BCUT2D eigenvalue weighted by Gasteiger charge is -2.09. The van der Waals surface area contributed by atoms with Crippen LogP contribution in [0, 0.1) is 13.8 Å². The molecule has 0 saturated carbocycles. The Hall–Kier alpha value is -2.92. The number of carbonyl (C=O) groups is 1. The van der Waals surface area contributed by atoms with Crippen molar-refractivity contribution in [1.82, 2.24) is 15.3 Å². The number of aryl methyl sites for hydroxylation is 2. The predicted octanol–water partition coefficient (Wildman–Crippen LogP) is 4.42. The molecule has 3 aromatic rings. The van der Waals surface area contributed by atoms with E-state index >= 15 is 0 Å². The van der Waals surface area contributed by atoms with E-state index in [1.807, 2.05) is 43.3 Å². The van der Waals surface area contributed by atoms with Gasteiger partial charge in [0.05, 0.1) is 5.56 Å². The zero-order valence-electron chi connectivity index (χ0n) is 14.6. The first-order chi connectivity index (χ1) is 12.5. The number of hydrogen-bond acceptors (Lipinski definition) is 4. The van der Waals surface area contributed by atoms with Crippen LogP contribution in [0.3, 0.4) is 0 Å². The summed E-state index contributed by atoms with van der Waals surface area (Å²) < 4.78 is 0. The lowest BCUT2D eigenvalue weighted by Crippen LogP contribution is -2.23. The lowest BCUT2D eigenvalue weighted by molar-refractivity contribution is 0.0950. The highest BCUT2D eigenvalue weighted by molar-refractivity contribution is 6.31. The second-order valence-corrected chi connectivity index (χ2v) is 6.40. The molecule has 26 heavy (non-hydrogen) atoms. The summed E-state index contributed by atoms with van der Waals surface area (Å²) >= 11 is 6.09. The third-order valence-electron chi connectivity index (χ3n) is 4.07. The Bertz CT molecular complexity index is 925. The average molecular weight is 367 g/mol. The Balaban J connectivity index is 1.62. The maximum atomic E-state index is 12.2. The van der Waals surface area contributed by atoms with E-state index in [1.165, 1.54) is 23.5 Å². The molecule has 0 fully saturated rings. The van der Waals surface area contributed by atoms with E-state index < -0.39 is 0 Å². The second kappa shape index (κ2) is 7.97. The van der Waals surface area contributed by atoms with E-state index in [9.17, 15) is 4.79 Å². The molecule has 0 unspecified atom stereocenters. The van der Waals surface area contributed by atoms with Gasteiger partial charge in [0.15, 0.2) is 0 Å². The highest BCUT2D eigenvalue weighted by Gasteiger charge is 2.08. The number of carbonyl (C=O) groups excluding carboxylic acids is 1. The van der Waals surface area contributed by atoms with Gasteiger partial charge in [0.1, 0.15) is 0 Å². The molecule has 0 spiro atoms. The van der Waals surface area contributed by atoms with E-state index in [-0.39, 0.29) is 5.91 Å². The number of nitrogens with one attached hydrogen (secondary N) is 2. The molecule has 1 amide bonds. The zero-order valence-corrected chi connectivity index (χ0v) is 15.3. The van der Waals surface area contributed by atoms with Gasteiger partial charge in [0.2, 0.25) is 5.95 Å². The zero-order chi connectivity index (χ0) is 18.5. The molecule has 3 rings (SSSR count). The van der Waals surface area contributed by atoms with Crippen LogP contribution in [-0.4, -0.2) is 15.9 Å². The Morgan fingerprint density at radius 2 is 1.77 bits per heavy atom. The third-order valence-corrected chi connectivity index (χ3v) is 4.44. The number of amides is 1. The summed E-state index contributed by atoms with van der Waals surface area (Å²) in [5, 5.41) is 6.57. The van der Waals surface area contributed by atoms with E-state index in [0.29, 0.717) is 23.1 Å². The Morgan fingerprint density at radius 1 is 1.04 bits per heavy atom. The molecule has 0 aliphatic heterocycles. The normalized spacial score (nSPS) is 10.4. The van der Waals surface area contributed by atoms with E-state index in [2.05, 4.69) is 27.5 Å². The average Bonchev–Trinajstić information content (AvgIpc) is 2.64. The quantitative estimate of drug-likeness (QED) is 0.701. The van der Waals surface area contributed by atoms with Gasteiger partial charge in [-0.3, -0.25) is 4.79 Å². The van der Waals surface area contributed by atoms with Crippen LogP contribution in [0.15, 0.2) is 54.9 Å². The predicted molar refractivity (Wildman–Crippen MR) is 104 cm³/mol. The summed E-state index contributed by atoms with van der Waals surface area (Å²) in [4.78, 5) is 20.6. The minimum absolute atomic E-state index is 0.248. The highest BCUT2D eigenvalue weighted by atomic mass is 35.5. The van der Waals surface area contributed by atoms with E-state index in [0.717, 1.165) is 11.3 Å². The van der Waals surface area contributed by atoms with Gasteiger partial charge in [0, 0.05) is 29.6 Å². The topological polar surface area (TPSA) is 66.9 Å². The van der Waals surface area contributed by atoms with Crippen LogP contribution in [0.4, 0.5) is 11.6 Å². The van der Waals surface area contributed by atoms with Crippen LogP contribution in [0.2, 0.25) is 5.02 Å². The van der Waals surface area contributed by atoms with Crippen molar-refractivity contribution >= 4 is 29.1 Å². The van der Waals surface area contributed by atoms with Crippen molar-refractivity contribution < 1.29 is 4.79 Å². The van der Waals surface area contributed by atoms with Crippen LogP contribution in [0.25, 0.3) is 0 Å². The minimum Gasteiger partial charge on any atom is -0.348 e. The monoisotopic (exact) mass is 366 g/mol. The van der Waals surface area contributed by atoms with Crippen molar-refractivity contribution in [2.45, 2.75) is 20.4 Å². The smallest absolute Gasteiger partial charge is 0.254 e. The van der Waals surface area contributed by atoms with Crippen LogP contribution in [0.1, 0.15) is 27.0 Å². The van der Waals surface area contributed by atoms with Gasteiger partial charge in [-0.1, -0.05) is 35.9 Å². The van der Waals surface area contributed by atoms with Gasteiger partial charge in [0.25, 0.3) is 5.91 Å². The summed E-state index contributed by atoms with van der Waals surface area (Å²) in [5.74, 6) is 0.193. The number of anilines is 2. The number of hydrogen-bond donors (Lipinski definition) is 2. The van der Waals surface area contributed by atoms with Crippen molar-refractivity contribution in [2.24, 2.45) is 0 Å². The molecule has 1 aromatic heterocycles. The third kappa shape index (κ3) is 4.37. The maximum Gasteiger partial charge on any atom is 0.254 e. The SMILES string of the molecule is Cc1ccc(Nc2ncc(C(=O)NCc3ccccc3Cl)cn2)cc1C. The standard InChI is InChI=1S/C20H19ClN4O/c1-13-7-8-17(9-14(13)2)25-20-23-11-16(12-24-20)19(26)22-10-15-5-3-4-6-18(15)21/h3-9,11-12H,10H2,1-2H3,(H,22,26)(H,23,24,25). The molecule has 0 radical (unpaired) electrons. The van der Waals surface area contributed by atoms with Gasteiger partial charge >= 0.3 is 0 Å². The molecule has 0 saturated heterocycles. The molecule has 5 nitrogen and oxygen atoms in total. The fraction of sp³-hybridized carbons (Fsp3) is 0.150. The fourth-order valence-corrected chi connectivity index (χ4v) is 2.58. The lowest BCUT2D eigenvalue weighted by atomic mass is 10.1. The molecule has 0 aliphatic rings. The molecule has 0 atom stereocenters. The van der Waals surface area contributed by atoms with Crippen LogP contribution >= 0.6 is 11.6 Å². The highest BCUT2D eigenvalue weighted by Crippen LogP contribution is 2.17. The molecule has 2 N–H and O–H groups in total. The molecule has 1 heterocycles. The molecule has 132 valence electrons. The van der Waals surface area contributed by atoms with Crippen LogP contribution < -0.4 is 10.6 Å². The fourth-order valence-electron chi connectivity index (χ4n) is 2.38. The van der Waals surface area contributed by atoms with Crippen molar-refractivity contribution in [3.05, 3.63) is 82.1 Å². The minimum atomic E-state index is -0.248. The largest absolute Gasteiger partial charge is 0.348 e. The number of aromatic nitrogens is 2. The first-order valence-electron chi connectivity index (χ1n) is 8.21. The molecule has 0 aliphatic carbocycles. The first-order valence-corrected chi connectivity index (χ1v) is 8.58. The Kier molecular flexibility index (Phi) is 5.49. The maximum absolute atomic E-state index is 12.2. The van der Waals surface area contributed by atoms with Gasteiger partial charge in [-0.05, 0) is 48.7 Å². The molecular formula is C20H19ClN4O. The first kappa shape index (κ1) is 17.9. The summed E-state index contributed by atoms with van der Waals surface area (Å²) in [5.41, 5.74) is 4.57. The summed E-state index contributed by atoms with van der Waals surface area (Å²) in [7, 11) is 0. The van der Waals surface area contributed by atoms with Crippen LogP contribution in [-0.2, 0) is 6.54 Å². The molecule has 2 aromatic carbocycles. The summed E-state index contributed by atoms with van der Waals surface area (Å²) in [6, 6.07) is 13.4. The number of rotatable bonds is 5. The molecule has 6 heteroatoms. The number of nitrogens with zero attached hydrogens (tertiary/aromatic N) is 2.